The number of carbonyl (C=O) groups excluding carboxylic acids is 1. The molecule has 1 heterocycles. The van der Waals surface area contributed by atoms with E-state index in [2.05, 4.69) is 26.2 Å². The first-order valence-corrected chi connectivity index (χ1v) is 7.22. The van der Waals surface area contributed by atoms with Gasteiger partial charge in [0.15, 0.2) is 0 Å². The first-order chi connectivity index (χ1) is 10.0. The van der Waals surface area contributed by atoms with Gasteiger partial charge < -0.3 is 11.1 Å². The molecule has 0 aliphatic rings. The molecule has 1 amide bonds. The van der Waals surface area contributed by atoms with Crippen molar-refractivity contribution in [3.8, 4) is 0 Å². The number of nitrogens with one attached hydrogen (secondary N) is 1. The van der Waals surface area contributed by atoms with Crippen LogP contribution in [-0.2, 0) is 11.2 Å². The van der Waals surface area contributed by atoms with E-state index in [0.717, 1.165) is 15.7 Å². The van der Waals surface area contributed by atoms with Crippen molar-refractivity contribution in [1.82, 2.24) is 4.98 Å². The Morgan fingerprint density at radius 2 is 2.05 bits per heavy atom. The van der Waals surface area contributed by atoms with Crippen LogP contribution in [0.4, 0.5) is 10.1 Å². The summed E-state index contributed by atoms with van der Waals surface area (Å²) in [5.74, 6) is -1.07. The summed E-state index contributed by atoms with van der Waals surface area (Å²) < 4.78 is 13.7. The Balaban J connectivity index is 1.99. The normalized spacial score (nSPS) is 11.9. The van der Waals surface area contributed by atoms with Crippen molar-refractivity contribution in [3.63, 3.8) is 0 Å². The molecular weight excluding hydrogens is 337 g/mol. The summed E-state index contributed by atoms with van der Waals surface area (Å²) in [6.45, 7) is 0.394. The van der Waals surface area contributed by atoms with Gasteiger partial charge in [-0.1, -0.05) is 12.1 Å². The zero-order valence-electron chi connectivity index (χ0n) is 11.2. The number of carbonyl (C=O) groups is 1. The Labute approximate surface area is 130 Å². The van der Waals surface area contributed by atoms with E-state index in [0.29, 0.717) is 13.0 Å². The van der Waals surface area contributed by atoms with Crippen molar-refractivity contribution in [1.29, 1.82) is 0 Å². The Morgan fingerprint density at radius 1 is 1.33 bits per heavy atom. The van der Waals surface area contributed by atoms with Crippen LogP contribution in [-0.4, -0.2) is 17.4 Å². The lowest BCUT2D eigenvalue weighted by Gasteiger charge is -2.15. The molecule has 0 fully saturated rings. The number of amides is 1. The molecule has 21 heavy (non-hydrogen) atoms. The minimum absolute atomic E-state index is 0.298. The van der Waals surface area contributed by atoms with Gasteiger partial charge in [-0.15, -0.1) is 0 Å². The van der Waals surface area contributed by atoms with Gasteiger partial charge in [-0.05, 0) is 46.1 Å². The van der Waals surface area contributed by atoms with Crippen LogP contribution in [0.15, 0.2) is 47.2 Å². The first-order valence-electron chi connectivity index (χ1n) is 6.43. The molecule has 0 saturated heterocycles. The van der Waals surface area contributed by atoms with E-state index in [1.807, 2.05) is 6.07 Å². The number of primary amides is 1. The standard InChI is InChI=1S/C15H15BrFN3O/c16-12-6-14(9-19-8-12)20-7-11(15(18)21)5-10-1-3-13(17)4-2-10/h1-4,6,8-9,11,20H,5,7H2,(H2,18,21). The molecule has 6 heteroatoms. The third-order valence-corrected chi connectivity index (χ3v) is 3.49. The lowest BCUT2D eigenvalue weighted by atomic mass is 9.98. The summed E-state index contributed by atoms with van der Waals surface area (Å²) in [5.41, 5.74) is 7.10. The van der Waals surface area contributed by atoms with Crippen LogP contribution in [0.2, 0.25) is 0 Å². The molecule has 0 aliphatic heterocycles. The van der Waals surface area contributed by atoms with Gasteiger partial charge in [0.1, 0.15) is 5.82 Å². The molecule has 1 unspecified atom stereocenters. The van der Waals surface area contributed by atoms with E-state index in [4.69, 9.17) is 5.73 Å². The number of nitrogens with zero attached hydrogens (tertiary/aromatic N) is 1. The van der Waals surface area contributed by atoms with Gasteiger partial charge in [-0.25, -0.2) is 4.39 Å². The van der Waals surface area contributed by atoms with Gasteiger partial charge in [-0.3, -0.25) is 9.78 Å². The largest absolute Gasteiger partial charge is 0.383 e. The van der Waals surface area contributed by atoms with Crippen molar-refractivity contribution in [2.45, 2.75) is 6.42 Å². The highest BCUT2D eigenvalue weighted by molar-refractivity contribution is 9.10. The van der Waals surface area contributed by atoms with E-state index in [1.165, 1.54) is 12.1 Å². The molecule has 0 radical (unpaired) electrons. The van der Waals surface area contributed by atoms with E-state index in [-0.39, 0.29) is 11.7 Å². The molecule has 3 N–H and O–H groups in total. The second kappa shape index (κ2) is 7.17. The van der Waals surface area contributed by atoms with E-state index < -0.39 is 5.91 Å². The number of halogens is 2. The Morgan fingerprint density at radius 3 is 2.67 bits per heavy atom. The van der Waals surface area contributed by atoms with Crippen LogP contribution in [0.1, 0.15) is 5.56 Å². The summed E-state index contributed by atoms with van der Waals surface area (Å²) in [7, 11) is 0. The number of benzene rings is 1. The topological polar surface area (TPSA) is 68.0 Å². The number of anilines is 1. The smallest absolute Gasteiger partial charge is 0.222 e. The molecule has 1 aromatic heterocycles. The molecule has 0 saturated carbocycles. The van der Waals surface area contributed by atoms with Crippen molar-refractivity contribution < 1.29 is 9.18 Å². The van der Waals surface area contributed by atoms with Crippen LogP contribution in [0, 0.1) is 11.7 Å². The molecule has 4 nitrogen and oxygen atoms in total. The lowest BCUT2D eigenvalue weighted by molar-refractivity contribution is -0.121. The fourth-order valence-electron chi connectivity index (χ4n) is 1.93. The molecule has 110 valence electrons. The summed E-state index contributed by atoms with van der Waals surface area (Å²) in [4.78, 5) is 15.6. The number of rotatable bonds is 6. The monoisotopic (exact) mass is 351 g/mol. The predicted octanol–water partition coefficient (Wildman–Crippen LogP) is 2.74. The summed E-state index contributed by atoms with van der Waals surface area (Å²) in [6.07, 6.45) is 3.81. The number of pyridine rings is 1. The maximum absolute atomic E-state index is 12.9. The van der Waals surface area contributed by atoms with Gasteiger partial charge in [0.2, 0.25) is 5.91 Å². The van der Waals surface area contributed by atoms with Gasteiger partial charge in [0.25, 0.3) is 0 Å². The van der Waals surface area contributed by atoms with Crippen LogP contribution in [0.5, 0.6) is 0 Å². The summed E-state index contributed by atoms with van der Waals surface area (Å²) >= 11 is 3.33. The average Bonchev–Trinajstić information content (AvgIpc) is 2.45. The van der Waals surface area contributed by atoms with Crippen LogP contribution in [0.25, 0.3) is 0 Å². The minimum atomic E-state index is -0.394. The highest BCUT2D eigenvalue weighted by atomic mass is 79.9. The third kappa shape index (κ3) is 4.82. The average molecular weight is 352 g/mol. The van der Waals surface area contributed by atoms with Crippen LogP contribution in [0.3, 0.4) is 0 Å². The van der Waals surface area contributed by atoms with Gasteiger partial charge in [0, 0.05) is 17.2 Å². The molecule has 0 spiro atoms. The molecule has 1 aromatic carbocycles. The maximum Gasteiger partial charge on any atom is 0.222 e. The van der Waals surface area contributed by atoms with E-state index >= 15 is 0 Å². The third-order valence-electron chi connectivity index (χ3n) is 3.06. The minimum Gasteiger partial charge on any atom is -0.383 e. The van der Waals surface area contributed by atoms with Crippen molar-refractivity contribution in [2.24, 2.45) is 11.7 Å². The lowest BCUT2D eigenvalue weighted by Crippen LogP contribution is -2.31. The molecule has 2 rings (SSSR count). The zero-order valence-corrected chi connectivity index (χ0v) is 12.8. The quantitative estimate of drug-likeness (QED) is 0.840. The molecule has 0 bridgehead atoms. The van der Waals surface area contributed by atoms with Crippen LogP contribution < -0.4 is 11.1 Å². The van der Waals surface area contributed by atoms with Crippen molar-refractivity contribution >= 4 is 27.5 Å². The highest BCUT2D eigenvalue weighted by Crippen LogP contribution is 2.15. The zero-order chi connectivity index (χ0) is 15.2. The second-order valence-electron chi connectivity index (χ2n) is 4.70. The van der Waals surface area contributed by atoms with Gasteiger partial charge in [-0.2, -0.15) is 0 Å². The highest BCUT2D eigenvalue weighted by Gasteiger charge is 2.16. The number of hydrogen-bond acceptors (Lipinski definition) is 3. The van der Waals surface area contributed by atoms with Crippen molar-refractivity contribution in [2.75, 3.05) is 11.9 Å². The van der Waals surface area contributed by atoms with Crippen LogP contribution >= 0.6 is 15.9 Å². The number of nitrogens with two attached hydrogens (primary N) is 1. The number of hydrogen-bond donors (Lipinski definition) is 2. The molecule has 2 aromatic rings. The number of aromatic nitrogens is 1. The van der Waals surface area contributed by atoms with E-state index in [9.17, 15) is 9.18 Å². The summed E-state index contributed by atoms with van der Waals surface area (Å²) in [6, 6.07) is 7.93. The van der Waals surface area contributed by atoms with Crippen molar-refractivity contribution in [3.05, 3.63) is 58.6 Å². The maximum atomic E-state index is 12.9. The molecular formula is C15H15BrFN3O. The molecule has 1 atom stereocenters. The Bertz CT molecular complexity index is 619. The fraction of sp³-hybridized carbons (Fsp3) is 0.200. The fourth-order valence-corrected chi connectivity index (χ4v) is 2.29. The SMILES string of the molecule is NC(=O)C(CNc1cncc(Br)c1)Cc1ccc(F)cc1. The first kappa shape index (κ1) is 15.4. The van der Waals surface area contributed by atoms with E-state index in [1.54, 1.807) is 24.5 Å². The summed E-state index contributed by atoms with van der Waals surface area (Å²) in [5, 5.41) is 3.13. The second-order valence-corrected chi connectivity index (χ2v) is 5.62. The van der Waals surface area contributed by atoms with Gasteiger partial charge in [0.05, 0.1) is 17.8 Å². The Kier molecular flexibility index (Phi) is 5.27. The van der Waals surface area contributed by atoms with Gasteiger partial charge >= 0.3 is 0 Å². The molecule has 0 aliphatic carbocycles. The Hall–Kier alpha value is -1.95. The predicted molar refractivity (Wildman–Crippen MR) is 83.2 cm³/mol.